The van der Waals surface area contributed by atoms with Crippen LogP contribution in [0.5, 0.6) is 11.5 Å². The van der Waals surface area contributed by atoms with Gasteiger partial charge in [-0.3, -0.25) is 29.0 Å². The molecular weight excluding hydrogens is 608 g/mol. The number of carbonyl (C=O) groups excluding carboxylic acids is 4. The van der Waals surface area contributed by atoms with E-state index < -0.39 is 23.6 Å². The highest BCUT2D eigenvalue weighted by atomic mass is 16.3. The molecule has 10 heteroatoms. The largest absolute Gasteiger partial charge is 0.508 e. The van der Waals surface area contributed by atoms with Crippen molar-refractivity contribution >= 4 is 34.4 Å². The molecule has 0 unspecified atom stereocenters. The highest BCUT2D eigenvalue weighted by molar-refractivity contribution is 6.34. The van der Waals surface area contributed by atoms with Gasteiger partial charge >= 0.3 is 0 Å². The van der Waals surface area contributed by atoms with Gasteiger partial charge in [-0.25, -0.2) is 0 Å². The van der Waals surface area contributed by atoms with Crippen LogP contribution in [0, 0.1) is 23.7 Å². The fourth-order valence-electron chi connectivity index (χ4n) is 5.73. The molecule has 2 aliphatic heterocycles. The molecule has 0 radical (unpaired) electrons. The zero-order valence-electron chi connectivity index (χ0n) is 26.9. The van der Waals surface area contributed by atoms with Gasteiger partial charge in [0.2, 0.25) is 0 Å². The van der Waals surface area contributed by atoms with Crippen LogP contribution in [0.3, 0.4) is 0 Å². The topological polar surface area (TPSA) is 122 Å². The molecule has 0 fully saturated rings. The summed E-state index contributed by atoms with van der Waals surface area (Å²) in [6.07, 6.45) is 0. The van der Waals surface area contributed by atoms with Gasteiger partial charge in [-0.2, -0.15) is 0 Å². The summed E-state index contributed by atoms with van der Waals surface area (Å²) in [5, 5.41) is 19.9. The minimum atomic E-state index is -0.570. The zero-order chi connectivity index (χ0) is 34.3. The Morgan fingerprint density at radius 2 is 0.896 bits per heavy atom. The van der Waals surface area contributed by atoms with Crippen LogP contribution in [-0.4, -0.2) is 108 Å². The summed E-state index contributed by atoms with van der Waals surface area (Å²) in [4.78, 5) is 62.7. The van der Waals surface area contributed by atoms with E-state index in [0.717, 1.165) is 9.80 Å². The van der Waals surface area contributed by atoms with Crippen molar-refractivity contribution in [2.45, 2.75) is 0 Å². The number of rotatable bonds is 6. The van der Waals surface area contributed by atoms with E-state index in [1.165, 1.54) is 36.4 Å². The molecule has 0 spiro atoms. The standard InChI is InChI=1S/C38H32N4O6/c1-39(2)17-19-41-35(45)29-21-26(12-6-24-9-15-28(44)16-10-24)32-34-30(36(46)42(38(32)48)20-18-40(3)4)22-25(31(33(29)34)37(41)47)11-5-23-7-13-27(43)14-8-23/h7-10,13-16,21-22,43-44H,17-20H2,1-4H3. The summed E-state index contributed by atoms with van der Waals surface area (Å²) in [5.74, 6) is 10.0. The monoisotopic (exact) mass is 640 g/mol. The maximum atomic E-state index is 14.2. The molecule has 2 aliphatic rings. The summed E-state index contributed by atoms with van der Waals surface area (Å²) in [6.45, 7) is 1.02. The van der Waals surface area contributed by atoms with Crippen molar-refractivity contribution in [3.05, 3.63) is 105 Å². The lowest BCUT2D eigenvalue weighted by Gasteiger charge is -2.33. The molecule has 2 N–H and O–H groups in total. The third-order valence-corrected chi connectivity index (χ3v) is 8.23. The molecule has 4 aromatic rings. The number of phenols is 2. The number of aromatic hydroxyl groups is 2. The Morgan fingerprint density at radius 1 is 0.542 bits per heavy atom. The lowest BCUT2D eigenvalue weighted by atomic mass is 9.81. The van der Waals surface area contributed by atoms with Crippen molar-refractivity contribution in [1.82, 2.24) is 19.6 Å². The van der Waals surface area contributed by atoms with Gasteiger partial charge in [0.1, 0.15) is 11.5 Å². The van der Waals surface area contributed by atoms with Crippen molar-refractivity contribution in [3.63, 3.8) is 0 Å². The highest BCUT2D eigenvalue weighted by Crippen LogP contribution is 2.41. The first kappa shape index (κ1) is 32.0. The van der Waals surface area contributed by atoms with Crippen LogP contribution in [0.15, 0.2) is 60.7 Å². The van der Waals surface area contributed by atoms with E-state index in [1.807, 2.05) is 38.0 Å². The summed E-state index contributed by atoms with van der Waals surface area (Å²) in [6, 6.07) is 15.6. The first-order valence-electron chi connectivity index (χ1n) is 15.3. The third-order valence-electron chi connectivity index (χ3n) is 8.23. The van der Waals surface area contributed by atoms with Crippen molar-refractivity contribution < 1.29 is 29.4 Å². The number of likely N-dealkylation sites (N-methyl/N-ethyl adjacent to an activating group) is 2. The molecule has 0 saturated heterocycles. The molecular formula is C38H32N4O6. The van der Waals surface area contributed by atoms with Gasteiger partial charge in [-0.05, 0) is 88.9 Å². The van der Waals surface area contributed by atoms with E-state index in [1.54, 1.807) is 24.3 Å². The number of amides is 4. The van der Waals surface area contributed by atoms with Gasteiger partial charge in [0.25, 0.3) is 23.6 Å². The summed E-state index contributed by atoms with van der Waals surface area (Å²) in [5.41, 5.74) is 2.17. The van der Waals surface area contributed by atoms with Crippen molar-refractivity contribution in [2.24, 2.45) is 0 Å². The molecule has 4 amide bonds. The van der Waals surface area contributed by atoms with Gasteiger partial charge in [-0.15, -0.1) is 0 Å². The van der Waals surface area contributed by atoms with Crippen LogP contribution in [0.4, 0.5) is 0 Å². The SMILES string of the molecule is CN(C)CCN1C(=O)c2cc(C#Cc3ccc(O)cc3)c3c4c(cc(C#Cc5ccc(O)cc5)c(c24)C1=O)C(=O)N(CCN(C)C)C3=O. The minimum Gasteiger partial charge on any atom is -0.508 e. The van der Waals surface area contributed by atoms with Crippen molar-refractivity contribution in [3.8, 4) is 35.2 Å². The van der Waals surface area contributed by atoms with E-state index in [0.29, 0.717) is 24.2 Å². The molecule has 48 heavy (non-hydrogen) atoms. The number of nitrogens with zero attached hydrogens (tertiary/aromatic N) is 4. The molecule has 240 valence electrons. The maximum Gasteiger partial charge on any atom is 0.262 e. The Bertz CT molecular complexity index is 1990. The highest BCUT2D eigenvalue weighted by Gasteiger charge is 2.42. The molecule has 4 aromatic carbocycles. The lowest BCUT2D eigenvalue weighted by Crippen LogP contribution is -2.46. The minimum absolute atomic E-state index is 0.0746. The smallest absolute Gasteiger partial charge is 0.262 e. The molecule has 0 aromatic heterocycles. The fourth-order valence-corrected chi connectivity index (χ4v) is 5.73. The van der Waals surface area contributed by atoms with Crippen LogP contribution in [0.2, 0.25) is 0 Å². The molecule has 10 nitrogen and oxygen atoms in total. The van der Waals surface area contributed by atoms with Gasteiger partial charge < -0.3 is 20.0 Å². The van der Waals surface area contributed by atoms with Crippen molar-refractivity contribution in [1.29, 1.82) is 0 Å². The van der Waals surface area contributed by atoms with E-state index in [2.05, 4.69) is 23.7 Å². The average molecular weight is 641 g/mol. The predicted molar refractivity (Wildman–Crippen MR) is 180 cm³/mol. The fraction of sp³-hybridized carbons (Fsp3) is 0.211. The maximum absolute atomic E-state index is 14.2. The van der Waals surface area contributed by atoms with Crippen LogP contribution in [-0.2, 0) is 0 Å². The molecule has 2 heterocycles. The second kappa shape index (κ2) is 12.7. The first-order valence-corrected chi connectivity index (χ1v) is 15.3. The number of phenolic OH excluding ortho intramolecular Hbond substituents is 2. The average Bonchev–Trinajstić information content (AvgIpc) is 3.05. The summed E-state index contributed by atoms with van der Waals surface area (Å²) >= 11 is 0. The Hall–Kier alpha value is -5.94. The molecule has 0 saturated carbocycles. The van der Waals surface area contributed by atoms with Crippen LogP contribution >= 0.6 is 0 Å². The van der Waals surface area contributed by atoms with Gasteiger partial charge in [0.15, 0.2) is 0 Å². The van der Waals surface area contributed by atoms with Gasteiger partial charge in [0.05, 0.1) is 11.1 Å². The Labute approximate surface area is 277 Å². The summed E-state index contributed by atoms with van der Waals surface area (Å²) in [7, 11) is 7.35. The van der Waals surface area contributed by atoms with E-state index in [4.69, 9.17) is 0 Å². The predicted octanol–water partition coefficient (Wildman–Crippen LogP) is 3.37. The van der Waals surface area contributed by atoms with Crippen LogP contribution in [0.1, 0.15) is 63.7 Å². The molecule has 0 aliphatic carbocycles. The Balaban J connectivity index is 1.66. The molecule has 6 rings (SSSR count). The zero-order valence-corrected chi connectivity index (χ0v) is 26.9. The van der Waals surface area contributed by atoms with Gasteiger partial charge in [0, 0.05) is 70.3 Å². The number of imide groups is 2. The number of carbonyl (C=O) groups is 4. The van der Waals surface area contributed by atoms with E-state index in [9.17, 15) is 29.4 Å². The van der Waals surface area contributed by atoms with Gasteiger partial charge in [-0.1, -0.05) is 23.7 Å². The van der Waals surface area contributed by atoms with Crippen LogP contribution in [0.25, 0.3) is 10.8 Å². The lowest BCUT2D eigenvalue weighted by molar-refractivity contribution is 0.0579. The van der Waals surface area contributed by atoms with Crippen LogP contribution < -0.4 is 0 Å². The normalized spacial score (nSPS) is 13.6. The Kier molecular flexibility index (Phi) is 8.46. The second-order valence-corrected chi connectivity index (χ2v) is 12.2. The van der Waals surface area contributed by atoms with E-state index in [-0.39, 0.29) is 68.7 Å². The summed E-state index contributed by atoms with van der Waals surface area (Å²) < 4.78 is 0. The third kappa shape index (κ3) is 5.87. The second-order valence-electron chi connectivity index (χ2n) is 12.2. The quantitative estimate of drug-likeness (QED) is 0.243. The Morgan fingerprint density at radius 3 is 1.23 bits per heavy atom. The van der Waals surface area contributed by atoms with Crippen molar-refractivity contribution in [2.75, 3.05) is 54.4 Å². The first-order chi connectivity index (χ1) is 22.9. The number of hydrogen-bond donors (Lipinski definition) is 2. The molecule has 0 atom stereocenters. The number of hydrogen-bond acceptors (Lipinski definition) is 8. The van der Waals surface area contributed by atoms with E-state index >= 15 is 0 Å². The molecule has 0 bridgehead atoms. The number of benzene rings is 4.